The van der Waals surface area contributed by atoms with E-state index >= 15 is 0 Å². The summed E-state index contributed by atoms with van der Waals surface area (Å²) < 4.78 is 30.1. The fraction of sp³-hybridized carbons (Fsp3) is 0.429. The number of carbonyl (C=O) groups is 1. The van der Waals surface area contributed by atoms with Crippen LogP contribution in [0, 0.1) is 5.41 Å². The molecule has 3 aromatic rings. The molecule has 46 heavy (non-hydrogen) atoms. The van der Waals surface area contributed by atoms with Crippen molar-refractivity contribution in [1.82, 2.24) is 5.32 Å². The Morgan fingerprint density at radius 2 is 1.20 bits per heavy atom. The number of carbonyl (C=O) groups excluding carboxylic acids is 1. The van der Waals surface area contributed by atoms with Gasteiger partial charge in [-0.2, -0.15) is 0 Å². The number of nitrogens with one attached hydrogen (secondary N) is 2. The fourth-order valence-corrected chi connectivity index (χ4v) is 5.39. The third kappa shape index (κ3) is 11.8. The van der Waals surface area contributed by atoms with Crippen molar-refractivity contribution in [3.63, 3.8) is 0 Å². The molecule has 0 radical (unpaired) electrons. The molecule has 8 nitrogen and oxygen atoms in total. The molecule has 1 aliphatic heterocycles. The van der Waals surface area contributed by atoms with Gasteiger partial charge in [0.1, 0.15) is 24.4 Å². The topological polar surface area (TPSA) is 99.1 Å². The fourth-order valence-electron chi connectivity index (χ4n) is 5.23. The highest BCUT2D eigenvalue weighted by molar-refractivity contribution is 6.76. The number of unbranched alkanes of at least 4 members (excludes halogenated alkanes) is 1. The van der Waals surface area contributed by atoms with Crippen molar-refractivity contribution in [2.45, 2.75) is 80.3 Å². The number of alkyl halides is 3. The lowest BCUT2D eigenvalue weighted by molar-refractivity contribution is -0.264. The van der Waals surface area contributed by atoms with Crippen molar-refractivity contribution < 1.29 is 28.5 Å². The Bertz CT molecular complexity index is 1330. The van der Waals surface area contributed by atoms with E-state index in [1.807, 2.05) is 91.0 Å². The molecule has 0 spiro atoms. The van der Waals surface area contributed by atoms with Crippen molar-refractivity contribution >= 4 is 46.6 Å². The molecule has 1 fully saturated rings. The summed E-state index contributed by atoms with van der Waals surface area (Å²) in [6.45, 7) is 2.95. The van der Waals surface area contributed by atoms with Gasteiger partial charge < -0.3 is 29.0 Å². The van der Waals surface area contributed by atoms with Gasteiger partial charge in [-0.15, -0.1) is 0 Å². The van der Waals surface area contributed by atoms with Crippen LogP contribution < -0.4 is 5.32 Å². The Morgan fingerprint density at radius 1 is 0.739 bits per heavy atom. The molecule has 5 unspecified atom stereocenters. The average molecular weight is 692 g/mol. The van der Waals surface area contributed by atoms with Gasteiger partial charge >= 0.3 is 0 Å². The van der Waals surface area contributed by atoms with Gasteiger partial charge in [0.15, 0.2) is 0 Å². The first-order chi connectivity index (χ1) is 22.2. The molecule has 11 heteroatoms. The molecule has 3 aromatic carbocycles. The van der Waals surface area contributed by atoms with Crippen LogP contribution >= 0.6 is 34.8 Å². The summed E-state index contributed by atoms with van der Waals surface area (Å²) >= 11 is 17.2. The number of halogens is 3. The van der Waals surface area contributed by atoms with Crippen LogP contribution in [0.25, 0.3) is 0 Å². The van der Waals surface area contributed by atoms with Crippen LogP contribution in [-0.4, -0.2) is 59.3 Å². The summed E-state index contributed by atoms with van der Waals surface area (Å²) in [4.78, 5) is 12.0. The van der Waals surface area contributed by atoms with Crippen LogP contribution in [0.4, 0.5) is 0 Å². The van der Waals surface area contributed by atoms with E-state index in [0.717, 1.165) is 16.7 Å². The summed E-state index contributed by atoms with van der Waals surface area (Å²) in [5.41, 5.74) is 3.04. The predicted octanol–water partition coefficient (Wildman–Crippen LogP) is 7.18. The van der Waals surface area contributed by atoms with E-state index in [1.54, 1.807) is 0 Å². The lowest BCUT2D eigenvalue weighted by Crippen LogP contribution is -2.62. The quantitative estimate of drug-likeness (QED) is 0.0715. The minimum Gasteiger partial charge on any atom is -0.478 e. The Hall–Kier alpha value is -2.69. The van der Waals surface area contributed by atoms with E-state index in [2.05, 4.69) is 5.32 Å². The highest BCUT2D eigenvalue weighted by Crippen LogP contribution is 2.33. The maximum Gasteiger partial charge on any atom is 0.265 e. The number of benzene rings is 3. The van der Waals surface area contributed by atoms with Gasteiger partial charge in [-0.3, -0.25) is 10.2 Å². The molecule has 1 amide bonds. The van der Waals surface area contributed by atoms with Gasteiger partial charge in [0.05, 0.1) is 32.5 Å². The van der Waals surface area contributed by atoms with Crippen molar-refractivity contribution in [3.8, 4) is 0 Å². The largest absolute Gasteiger partial charge is 0.478 e. The van der Waals surface area contributed by atoms with Gasteiger partial charge in [0.2, 0.25) is 11.8 Å². The maximum absolute atomic E-state index is 12.0. The maximum atomic E-state index is 12.0. The van der Waals surface area contributed by atoms with Gasteiger partial charge in [-0.05, 0) is 36.0 Å². The Morgan fingerprint density at radius 3 is 1.65 bits per heavy atom. The first-order valence-corrected chi connectivity index (χ1v) is 16.5. The molecule has 248 valence electrons. The molecule has 1 heterocycles. The van der Waals surface area contributed by atoms with Crippen LogP contribution in [-0.2, 0) is 48.3 Å². The van der Waals surface area contributed by atoms with Crippen LogP contribution in [0.5, 0.6) is 0 Å². The van der Waals surface area contributed by atoms with Crippen LogP contribution in [0.3, 0.4) is 0 Å². The number of ether oxygens (including phenoxy) is 5. The molecule has 0 aliphatic carbocycles. The number of rotatable bonds is 16. The van der Waals surface area contributed by atoms with Crippen molar-refractivity contribution in [3.05, 3.63) is 108 Å². The normalized spacial score (nSPS) is 21.4. The second kappa shape index (κ2) is 18.6. The van der Waals surface area contributed by atoms with E-state index in [9.17, 15) is 4.79 Å². The van der Waals surface area contributed by atoms with Gasteiger partial charge in [-0.25, -0.2) is 0 Å². The summed E-state index contributed by atoms with van der Waals surface area (Å²) in [7, 11) is 0. The average Bonchev–Trinajstić information content (AvgIpc) is 3.05. The SMILES string of the molecule is CC(=O)NCC1OC(CCCCOC(=N)C(Cl)(Cl)Cl)C(OCc2ccccc2)C(OCc2ccccc2)C1OCc1ccccc1. The monoisotopic (exact) mass is 690 g/mol. The smallest absolute Gasteiger partial charge is 0.265 e. The molecular weight excluding hydrogens is 651 g/mol. The van der Waals surface area contributed by atoms with Gasteiger partial charge in [-0.1, -0.05) is 126 Å². The van der Waals surface area contributed by atoms with E-state index in [1.165, 1.54) is 6.92 Å². The molecule has 5 atom stereocenters. The molecule has 0 bridgehead atoms. The second-order valence-electron chi connectivity index (χ2n) is 11.1. The molecule has 0 aromatic heterocycles. The highest BCUT2D eigenvalue weighted by atomic mass is 35.6. The van der Waals surface area contributed by atoms with Crippen LogP contribution in [0.1, 0.15) is 42.9 Å². The van der Waals surface area contributed by atoms with E-state index in [4.69, 9.17) is 63.9 Å². The Kier molecular flexibility index (Phi) is 14.6. The third-order valence-electron chi connectivity index (χ3n) is 7.52. The molecule has 2 N–H and O–H groups in total. The first-order valence-electron chi connectivity index (χ1n) is 15.4. The number of amides is 1. The first kappa shape index (κ1) is 36.2. The molecule has 4 rings (SSSR count). The molecular formula is C35H41Cl3N2O6. The molecule has 1 saturated heterocycles. The van der Waals surface area contributed by atoms with Crippen molar-refractivity contribution in [2.24, 2.45) is 0 Å². The molecule has 0 saturated carbocycles. The zero-order valence-corrected chi connectivity index (χ0v) is 28.1. The van der Waals surface area contributed by atoms with Crippen molar-refractivity contribution in [1.29, 1.82) is 5.41 Å². The van der Waals surface area contributed by atoms with Gasteiger partial charge in [0.25, 0.3) is 3.79 Å². The lowest BCUT2D eigenvalue weighted by Gasteiger charge is -2.46. The summed E-state index contributed by atoms with van der Waals surface area (Å²) in [5.74, 6) is -0.585. The number of hydrogen-bond acceptors (Lipinski definition) is 7. The van der Waals surface area contributed by atoms with Crippen LogP contribution in [0.2, 0.25) is 0 Å². The summed E-state index contributed by atoms with van der Waals surface area (Å²) in [6, 6.07) is 29.8. The minimum atomic E-state index is -1.90. The minimum absolute atomic E-state index is 0.167. The standard InChI is InChI=1S/C35H41Cl3N2O6/c1-25(41)40-21-30-32(44-23-27-15-7-3-8-16-27)33(45-24-28-17-9-4-10-18-28)31(43-22-26-13-5-2-6-14-26)29(46-30)19-11-12-20-42-34(39)35(36,37)38/h2-10,13-18,29-33,39H,11-12,19-24H2,1H3,(H,40,41). The zero-order valence-electron chi connectivity index (χ0n) is 25.8. The third-order valence-corrected chi connectivity index (χ3v) is 8.04. The highest BCUT2D eigenvalue weighted by Gasteiger charge is 2.48. The predicted molar refractivity (Wildman–Crippen MR) is 180 cm³/mol. The van der Waals surface area contributed by atoms with Crippen molar-refractivity contribution in [2.75, 3.05) is 13.2 Å². The summed E-state index contributed by atoms with van der Waals surface area (Å²) in [6.07, 6.45) is -0.628. The van der Waals surface area contributed by atoms with E-state index in [-0.39, 0.29) is 19.1 Å². The van der Waals surface area contributed by atoms with E-state index < -0.39 is 40.2 Å². The number of hydrogen-bond donors (Lipinski definition) is 2. The van der Waals surface area contributed by atoms with E-state index in [0.29, 0.717) is 39.1 Å². The zero-order chi connectivity index (χ0) is 32.8. The molecule has 1 aliphatic rings. The summed E-state index contributed by atoms with van der Waals surface area (Å²) in [5, 5.41) is 10.7. The van der Waals surface area contributed by atoms with Gasteiger partial charge in [0, 0.05) is 13.5 Å². The Balaban J connectivity index is 1.58. The van der Waals surface area contributed by atoms with Crippen LogP contribution in [0.15, 0.2) is 91.0 Å². The Labute approximate surface area is 286 Å². The lowest BCUT2D eigenvalue weighted by atomic mass is 9.91. The second-order valence-corrected chi connectivity index (χ2v) is 13.4.